The number of nitrogen functional groups attached to an aromatic ring is 1. The number of nitrogens with one attached hydrogen (secondary N) is 3. The van der Waals surface area contributed by atoms with Crippen LogP contribution < -0.4 is 32.5 Å². The van der Waals surface area contributed by atoms with Crippen molar-refractivity contribution in [3.8, 4) is 0 Å². The van der Waals surface area contributed by atoms with Gasteiger partial charge >= 0.3 is 5.69 Å². The van der Waals surface area contributed by atoms with E-state index in [1.807, 2.05) is 13.8 Å². The van der Waals surface area contributed by atoms with Crippen LogP contribution in [0.2, 0.25) is 0 Å². The van der Waals surface area contributed by atoms with Crippen LogP contribution in [-0.2, 0) is 20.8 Å². The molecule has 0 saturated heterocycles. The molecule has 2 amide bonds. The number of H-pyrrole nitrogens is 1. The lowest BCUT2D eigenvalue weighted by Crippen LogP contribution is -2.44. The quantitative estimate of drug-likeness (QED) is 0.291. The van der Waals surface area contributed by atoms with Gasteiger partial charge in [0, 0.05) is 39.5 Å². The molecule has 192 valence electrons. The second-order valence-corrected chi connectivity index (χ2v) is 8.18. The number of hydrogen-bond acceptors (Lipinski definition) is 8. The van der Waals surface area contributed by atoms with Crippen LogP contribution in [0.3, 0.4) is 0 Å². The number of benzene rings is 1. The Balaban J connectivity index is 2.32. The molecule has 1 heterocycles. The first kappa shape index (κ1) is 27.6. The predicted molar refractivity (Wildman–Crippen MR) is 134 cm³/mol. The number of amides is 2. The molecule has 12 nitrogen and oxygen atoms in total. The number of carbonyl (C=O) groups excluding carboxylic acids is 2. The van der Waals surface area contributed by atoms with Crippen LogP contribution >= 0.6 is 0 Å². The van der Waals surface area contributed by atoms with E-state index in [4.69, 9.17) is 15.2 Å². The van der Waals surface area contributed by atoms with Crippen LogP contribution in [0.5, 0.6) is 0 Å². The molecule has 5 N–H and O–H groups in total. The van der Waals surface area contributed by atoms with Gasteiger partial charge in [-0.3, -0.25) is 23.9 Å². The molecule has 0 aliphatic heterocycles. The average molecular weight is 491 g/mol. The zero-order valence-corrected chi connectivity index (χ0v) is 20.6. The van der Waals surface area contributed by atoms with Crippen molar-refractivity contribution in [3.05, 3.63) is 50.7 Å². The Bertz CT molecular complexity index is 1130. The molecule has 0 spiro atoms. The summed E-state index contributed by atoms with van der Waals surface area (Å²) in [6, 6.07) is 6.73. The highest BCUT2D eigenvalue weighted by Crippen LogP contribution is 2.19. The van der Waals surface area contributed by atoms with E-state index in [2.05, 4.69) is 15.6 Å². The first-order valence-electron chi connectivity index (χ1n) is 11.2. The Kier molecular flexibility index (Phi) is 10.5. The topological polar surface area (TPSA) is 161 Å². The summed E-state index contributed by atoms with van der Waals surface area (Å²) < 4.78 is 11.3. The van der Waals surface area contributed by atoms with Gasteiger partial charge in [-0.25, -0.2) is 4.79 Å². The molecule has 0 unspecified atom stereocenters. The first-order valence-corrected chi connectivity index (χ1v) is 11.2. The monoisotopic (exact) mass is 490 g/mol. The molecule has 0 radical (unpaired) electrons. The second kappa shape index (κ2) is 13.3. The van der Waals surface area contributed by atoms with Gasteiger partial charge in [0.15, 0.2) is 5.69 Å². The van der Waals surface area contributed by atoms with Gasteiger partial charge in [0.05, 0.1) is 25.3 Å². The van der Waals surface area contributed by atoms with Gasteiger partial charge in [-0.15, -0.1) is 0 Å². The lowest BCUT2D eigenvalue weighted by Gasteiger charge is -2.25. The minimum absolute atomic E-state index is 0.0311. The predicted octanol–water partition coefficient (Wildman–Crippen LogP) is 0.243. The van der Waals surface area contributed by atoms with Crippen LogP contribution in [0.4, 0.5) is 17.2 Å². The van der Waals surface area contributed by atoms with E-state index in [1.165, 1.54) is 23.7 Å². The van der Waals surface area contributed by atoms with Crippen molar-refractivity contribution in [1.82, 2.24) is 14.9 Å². The van der Waals surface area contributed by atoms with Crippen molar-refractivity contribution in [2.45, 2.75) is 20.4 Å². The summed E-state index contributed by atoms with van der Waals surface area (Å²) in [5.41, 5.74) is 5.45. The van der Waals surface area contributed by atoms with Crippen molar-refractivity contribution in [2.24, 2.45) is 5.92 Å². The Morgan fingerprint density at radius 3 is 2.49 bits per heavy atom. The van der Waals surface area contributed by atoms with E-state index < -0.39 is 17.2 Å². The average Bonchev–Trinajstić information content (AvgIpc) is 2.82. The van der Waals surface area contributed by atoms with Gasteiger partial charge in [-0.2, -0.15) is 0 Å². The number of aromatic amines is 1. The number of anilines is 3. The van der Waals surface area contributed by atoms with Crippen LogP contribution in [0.25, 0.3) is 0 Å². The van der Waals surface area contributed by atoms with Gasteiger partial charge in [0.2, 0.25) is 5.91 Å². The van der Waals surface area contributed by atoms with Crippen molar-refractivity contribution >= 4 is 29.0 Å². The normalized spacial score (nSPS) is 10.9. The fourth-order valence-corrected chi connectivity index (χ4v) is 3.39. The standard InChI is InChI=1S/C23H34N6O6/c1-15(2)14-29-20(24)19(22(32)27-23(29)33)28(10-12-35-4)18(30)13-26-17-8-6-5-7-16(17)21(31)25-9-11-34-3/h5-8,15,26H,9-14,24H2,1-4H3,(H,25,31)(H,27,32,33). The summed E-state index contributed by atoms with van der Waals surface area (Å²) in [6.07, 6.45) is 0. The maximum atomic E-state index is 13.2. The number of carbonyl (C=O) groups is 2. The van der Waals surface area contributed by atoms with Crippen LogP contribution in [-0.4, -0.2) is 68.4 Å². The molecular weight excluding hydrogens is 456 g/mol. The minimum atomic E-state index is -0.769. The molecule has 1 aromatic carbocycles. The summed E-state index contributed by atoms with van der Waals surface area (Å²) >= 11 is 0. The second-order valence-electron chi connectivity index (χ2n) is 8.18. The molecule has 35 heavy (non-hydrogen) atoms. The fraction of sp³-hybridized carbons (Fsp3) is 0.478. The largest absolute Gasteiger partial charge is 0.383 e. The molecule has 2 aromatic rings. The molecule has 0 saturated carbocycles. The Morgan fingerprint density at radius 1 is 1.14 bits per heavy atom. The number of nitrogens with zero attached hydrogens (tertiary/aromatic N) is 2. The van der Waals surface area contributed by atoms with Gasteiger partial charge in [-0.1, -0.05) is 26.0 Å². The van der Waals surface area contributed by atoms with Crippen molar-refractivity contribution < 1.29 is 19.1 Å². The molecule has 0 aliphatic carbocycles. The minimum Gasteiger partial charge on any atom is -0.383 e. The summed E-state index contributed by atoms with van der Waals surface area (Å²) in [7, 11) is 3.00. The zero-order chi connectivity index (χ0) is 26.0. The molecule has 0 bridgehead atoms. The van der Waals surface area contributed by atoms with Crippen molar-refractivity contribution in [2.75, 3.05) is 63.0 Å². The highest BCUT2D eigenvalue weighted by atomic mass is 16.5. The Labute approximate surface area is 203 Å². The van der Waals surface area contributed by atoms with E-state index in [0.29, 0.717) is 24.4 Å². The number of para-hydroxylation sites is 1. The highest BCUT2D eigenvalue weighted by molar-refractivity contribution is 6.01. The van der Waals surface area contributed by atoms with Gasteiger partial charge in [0.25, 0.3) is 11.5 Å². The maximum absolute atomic E-state index is 13.2. The van der Waals surface area contributed by atoms with Gasteiger partial charge in [0.1, 0.15) is 5.82 Å². The molecule has 0 atom stereocenters. The first-order chi connectivity index (χ1) is 16.7. The van der Waals surface area contributed by atoms with Crippen LogP contribution in [0, 0.1) is 5.92 Å². The van der Waals surface area contributed by atoms with Gasteiger partial charge < -0.3 is 30.7 Å². The third-order valence-electron chi connectivity index (χ3n) is 5.05. The smallest absolute Gasteiger partial charge is 0.330 e. The summed E-state index contributed by atoms with van der Waals surface area (Å²) in [6.45, 7) is 4.69. The van der Waals surface area contributed by atoms with E-state index >= 15 is 0 Å². The third kappa shape index (κ3) is 7.42. The number of aromatic nitrogens is 2. The molecular formula is C23H34N6O6. The Morgan fingerprint density at radius 2 is 1.83 bits per heavy atom. The summed E-state index contributed by atoms with van der Waals surface area (Å²) in [4.78, 5) is 54.2. The van der Waals surface area contributed by atoms with Gasteiger partial charge in [-0.05, 0) is 18.1 Å². The molecule has 0 aliphatic rings. The zero-order valence-electron chi connectivity index (χ0n) is 20.6. The Hall–Kier alpha value is -3.64. The molecule has 1 aromatic heterocycles. The number of hydrogen-bond donors (Lipinski definition) is 4. The highest BCUT2D eigenvalue weighted by Gasteiger charge is 2.24. The van der Waals surface area contributed by atoms with Crippen molar-refractivity contribution in [1.29, 1.82) is 0 Å². The lowest BCUT2D eigenvalue weighted by molar-refractivity contribution is -0.117. The molecule has 0 fully saturated rings. The molecule has 2 rings (SSSR count). The van der Waals surface area contributed by atoms with E-state index in [9.17, 15) is 19.2 Å². The van der Waals surface area contributed by atoms with E-state index in [0.717, 1.165) is 0 Å². The van der Waals surface area contributed by atoms with E-state index in [-0.39, 0.29) is 49.6 Å². The summed E-state index contributed by atoms with van der Waals surface area (Å²) in [5, 5.41) is 5.70. The van der Waals surface area contributed by atoms with Crippen LogP contribution in [0.15, 0.2) is 33.9 Å². The van der Waals surface area contributed by atoms with E-state index in [1.54, 1.807) is 24.3 Å². The lowest BCUT2D eigenvalue weighted by atomic mass is 10.1. The van der Waals surface area contributed by atoms with Crippen LogP contribution in [0.1, 0.15) is 24.2 Å². The molecule has 12 heteroatoms. The summed E-state index contributed by atoms with van der Waals surface area (Å²) in [5.74, 6) is -0.848. The SMILES string of the molecule is COCCNC(=O)c1ccccc1NCC(=O)N(CCOC)c1c(N)n(CC(C)C)c(=O)[nH]c1=O. The fourth-order valence-electron chi connectivity index (χ4n) is 3.39. The van der Waals surface area contributed by atoms with Crippen molar-refractivity contribution in [3.63, 3.8) is 0 Å². The number of nitrogens with two attached hydrogens (primary N) is 1. The number of rotatable bonds is 13. The third-order valence-corrected chi connectivity index (χ3v) is 5.05. The number of ether oxygens (including phenoxy) is 2. The number of methoxy groups -OCH3 is 2. The maximum Gasteiger partial charge on any atom is 0.330 e.